The lowest BCUT2D eigenvalue weighted by atomic mass is 10.0. The normalized spacial score (nSPS) is 11.1. The number of unbranched alkanes of at least 4 members (excludes halogenated alkanes) is 16. The monoisotopic (exact) mass is 420 g/mol. The van der Waals surface area contributed by atoms with Gasteiger partial charge in [0.2, 0.25) is 0 Å². The fourth-order valence-electron chi connectivity index (χ4n) is 4.02. The number of carbonyl (C=O) groups is 1. The molecule has 1 aromatic rings. The summed E-state index contributed by atoms with van der Waals surface area (Å²) >= 11 is 0. The molecule has 0 saturated carbocycles. The van der Waals surface area contributed by atoms with Crippen molar-refractivity contribution in [3.8, 4) is 17.2 Å². The lowest BCUT2D eigenvalue weighted by Gasteiger charge is -2.07. The van der Waals surface area contributed by atoms with Gasteiger partial charge in [0.15, 0.2) is 5.78 Å². The minimum absolute atomic E-state index is 0.0794. The van der Waals surface area contributed by atoms with E-state index >= 15 is 0 Å². The number of hydrogen-bond acceptors (Lipinski definition) is 4. The third-order valence-electron chi connectivity index (χ3n) is 5.87. The van der Waals surface area contributed by atoms with Gasteiger partial charge >= 0.3 is 0 Å². The molecule has 0 radical (unpaired) electrons. The second-order valence-corrected chi connectivity index (χ2v) is 8.69. The molecule has 0 unspecified atom stereocenters. The van der Waals surface area contributed by atoms with Crippen LogP contribution in [0.3, 0.4) is 0 Å². The largest absolute Gasteiger partial charge is 0.508 e. The first kappa shape index (κ1) is 26.3. The van der Waals surface area contributed by atoms with Crippen LogP contribution in [0.25, 0.3) is 0 Å². The van der Waals surface area contributed by atoms with Crippen LogP contribution in [0.5, 0.6) is 17.2 Å². The van der Waals surface area contributed by atoms with Gasteiger partial charge in [-0.1, -0.05) is 110 Å². The molecule has 0 aromatic heterocycles. The molecule has 0 bridgehead atoms. The van der Waals surface area contributed by atoms with Crippen molar-refractivity contribution >= 4 is 5.78 Å². The number of carbonyl (C=O) groups excluding carboxylic acids is 1. The quantitative estimate of drug-likeness (QED) is 0.156. The molecular weight excluding hydrogens is 376 g/mol. The molecule has 0 atom stereocenters. The van der Waals surface area contributed by atoms with Gasteiger partial charge in [-0.25, -0.2) is 0 Å². The number of Topliss-reactive ketones (excluding diaryl/α,β-unsaturated/α-hetero) is 1. The van der Waals surface area contributed by atoms with Crippen molar-refractivity contribution in [1.82, 2.24) is 0 Å². The first-order valence-corrected chi connectivity index (χ1v) is 12.3. The van der Waals surface area contributed by atoms with Crippen LogP contribution in [0, 0.1) is 0 Å². The first-order chi connectivity index (χ1) is 14.6. The Kier molecular flexibility index (Phi) is 14.9. The summed E-state index contributed by atoms with van der Waals surface area (Å²) in [6, 6.07) is 2.17. The molecule has 172 valence electrons. The minimum atomic E-state index is -0.357. The maximum atomic E-state index is 12.2. The first-order valence-electron chi connectivity index (χ1n) is 12.3. The Morgan fingerprint density at radius 1 is 0.600 bits per heavy atom. The molecule has 4 nitrogen and oxygen atoms in total. The molecule has 0 amide bonds. The van der Waals surface area contributed by atoms with E-state index in [1.165, 1.54) is 89.9 Å². The number of phenols is 3. The third kappa shape index (κ3) is 12.1. The van der Waals surface area contributed by atoms with Crippen molar-refractivity contribution in [3.05, 3.63) is 17.7 Å². The van der Waals surface area contributed by atoms with Gasteiger partial charge < -0.3 is 15.3 Å². The molecule has 3 N–H and O–H groups in total. The Morgan fingerprint density at radius 3 is 1.30 bits per heavy atom. The summed E-state index contributed by atoms with van der Waals surface area (Å²) in [5.74, 6) is -1.24. The minimum Gasteiger partial charge on any atom is -0.508 e. The van der Waals surface area contributed by atoms with Crippen molar-refractivity contribution in [2.24, 2.45) is 0 Å². The average molecular weight is 421 g/mol. The van der Waals surface area contributed by atoms with Gasteiger partial charge in [0.1, 0.15) is 22.8 Å². The number of aromatic hydroxyl groups is 3. The highest BCUT2D eigenvalue weighted by Crippen LogP contribution is 2.33. The zero-order valence-electron chi connectivity index (χ0n) is 19.1. The molecule has 0 aliphatic rings. The summed E-state index contributed by atoms with van der Waals surface area (Å²) in [7, 11) is 0. The lowest BCUT2D eigenvalue weighted by molar-refractivity contribution is 0.0973. The van der Waals surface area contributed by atoms with E-state index in [9.17, 15) is 20.1 Å². The molecule has 30 heavy (non-hydrogen) atoms. The molecule has 4 heteroatoms. The molecule has 0 fully saturated rings. The van der Waals surface area contributed by atoms with Crippen LogP contribution < -0.4 is 0 Å². The SMILES string of the molecule is CCCCCCCCCCCCCCCCCCCC(=O)c1c(O)cc(O)cc1O. The number of hydrogen-bond donors (Lipinski definition) is 3. The van der Waals surface area contributed by atoms with Crippen LogP contribution >= 0.6 is 0 Å². The van der Waals surface area contributed by atoms with Crippen LogP contribution in [0.15, 0.2) is 12.1 Å². The highest BCUT2D eigenvalue weighted by molar-refractivity contribution is 6.01. The maximum Gasteiger partial charge on any atom is 0.170 e. The van der Waals surface area contributed by atoms with Gasteiger partial charge in [0, 0.05) is 18.6 Å². The second kappa shape index (κ2) is 17.0. The molecule has 0 heterocycles. The van der Waals surface area contributed by atoms with E-state index in [0.29, 0.717) is 6.42 Å². The summed E-state index contributed by atoms with van der Waals surface area (Å²) in [4.78, 5) is 12.2. The fourth-order valence-corrected chi connectivity index (χ4v) is 4.02. The smallest absolute Gasteiger partial charge is 0.170 e. The number of ketones is 1. The van der Waals surface area contributed by atoms with E-state index in [0.717, 1.165) is 31.4 Å². The Hall–Kier alpha value is -1.71. The topological polar surface area (TPSA) is 77.8 Å². The fraction of sp³-hybridized carbons (Fsp3) is 0.731. The molecule has 0 saturated heterocycles. The highest BCUT2D eigenvalue weighted by atomic mass is 16.3. The van der Waals surface area contributed by atoms with Gasteiger partial charge in [-0.15, -0.1) is 0 Å². The molecule has 0 aliphatic heterocycles. The highest BCUT2D eigenvalue weighted by Gasteiger charge is 2.17. The Bertz CT molecular complexity index is 559. The molecule has 1 rings (SSSR count). The Balaban J connectivity index is 1.90. The van der Waals surface area contributed by atoms with Gasteiger partial charge in [-0.2, -0.15) is 0 Å². The summed E-state index contributed by atoms with van der Waals surface area (Å²) < 4.78 is 0. The van der Waals surface area contributed by atoms with Crippen molar-refractivity contribution in [2.75, 3.05) is 0 Å². The van der Waals surface area contributed by atoms with Crippen LogP contribution in [0.2, 0.25) is 0 Å². The summed E-state index contributed by atoms with van der Waals surface area (Å²) in [5.41, 5.74) is -0.0794. The summed E-state index contributed by atoms with van der Waals surface area (Å²) in [6.45, 7) is 2.27. The standard InChI is InChI=1S/C26H44O4/c1-2-3-4-5-6-7-8-9-10-11-12-13-14-15-16-17-18-19-23(28)26-24(29)20-22(27)21-25(26)30/h20-21,27,29-30H,2-19H2,1H3. The Labute approximate surface area is 183 Å². The molecular formula is C26H44O4. The van der Waals surface area contributed by atoms with Crippen LogP contribution in [0.1, 0.15) is 133 Å². The van der Waals surface area contributed by atoms with Crippen molar-refractivity contribution in [2.45, 2.75) is 122 Å². The zero-order valence-corrected chi connectivity index (χ0v) is 19.1. The maximum absolute atomic E-state index is 12.2. The van der Waals surface area contributed by atoms with E-state index in [-0.39, 0.29) is 28.6 Å². The van der Waals surface area contributed by atoms with E-state index in [1.54, 1.807) is 0 Å². The average Bonchev–Trinajstić information content (AvgIpc) is 2.69. The van der Waals surface area contributed by atoms with Gasteiger partial charge in [-0.05, 0) is 6.42 Å². The van der Waals surface area contributed by atoms with Crippen LogP contribution in [0.4, 0.5) is 0 Å². The van der Waals surface area contributed by atoms with E-state index in [4.69, 9.17) is 0 Å². The summed E-state index contributed by atoms with van der Waals surface area (Å²) in [5, 5.41) is 28.8. The van der Waals surface area contributed by atoms with Crippen LogP contribution in [-0.2, 0) is 0 Å². The Morgan fingerprint density at radius 2 is 0.933 bits per heavy atom. The molecule has 0 aliphatic carbocycles. The molecule has 1 aromatic carbocycles. The summed E-state index contributed by atoms with van der Waals surface area (Å²) in [6.07, 6.45) is 22.3. The number of benzene rings is 1. The van der Waals surface area contributed by atoms with Crippen molar-refractivity contribution < 1.29 is 20.1 Å². The van der Waals surface area contributed by atoms with E-state index < -0.39 is 0 Å². The molecule has 0 spiro atoms. The number of phenolic OH excluding ortho intramolecular Hbond substituents is 3. The van der Waals surface area contributed by atoms with E-state index in [2.05, 4.69) is 6.92 Å². The van der Waals surface area contributed by atoms with Crippen LogP contribution in [-0.4, -0.2) is 21.1 Å². The van der Waals surface area contributed by atoms with Gasteiger partial charge in [-0.3, -0.25) is 4.79 Å². The van der Waals surface area contributed by atoms with E-state index in [1.807, 2.05) is 0 Å². The lowest BCUT2D eigenvalue weighted by Crippen LogP contribution is -2.00. The zero-order chi connectivity index (χ0) is 22.0. The predicted octanol–water partition coefficient (Wildman–Crippen LogP) is 8.03. The third-order valence-corrected chi connectivity index (χ3v) is 5.87. The van der Waals surface area contributed by atoms with Gasteiger partial charge in [0.25, 0.3) is 0 Å². The predicted molar refractivity (Wildman–Crippen MR) is 125 cm³/mol. The van der Waals surface area contributed by atoms with Crippen molar-refractivity contribution in [1.29, 1.82) is 0 Å². The second-order valence-electron chi connectivity index (χ2n) is 8.69. The van der Waals surface area contributed by atoms with Crippen molar-refractivity contribution in [3.63, 3.8) is 0 Å². The number of rotatable bonds is 19. The van der Waals surface area contributed by atoms with Gasteiger partial charge in [0.05, 0.1) is 0 Å².